The SMILES string of the molecule is Cc1ccccc1CNc1nccc(NCCC2=CCCCC2)n1. The van der Waals surface area contributed by atoms with Crippen LogP contribution in [0.5, 0.6) is 0 Å². The van der Waals surface area contributed by atoms with Gasteiger partial charge in [-0.15, -0.1) is 0 Å². The third kappa shape index (κ3) is 4.82. The van der Waals surface area contributed by atoms with Crippen molar-refractivity contribution in [3.63, 3.8) is 0 Å². The maximum absolute atomic E-state index is 4.55. The lowest BCUT2D eigenvalue weighted by molar-refractivity contribution is 0.679. The van der Waals surface area contributed by atoms with Gasteiger partial charge in [-0.1, -0.05) is 35.9 Å². The van der Waals surface area contributed by atoms with E-state index in [1.165, 1.54) is 36.8 Å². The van der Waals surface area contributed by atoms with Crippen LogP contribution < -0.4 is 10.6 Å². The molecule has 24 heavy (non-hydrogen) atoms. The molecule has 1 aromatic heterocycles. The van der Waals surface area contributed by atoms with E-state index in [4.69, 9.17) is 0 Å². The number of anilines is 2. The van der Waals surface area contributed by atoms with Crippen molar-refractivity contribution in [1.29, 1.82) is 0 Å². The summed E-state index contributed by atoms with van der Waals surface area (Å²) in [6.07, 6.45) is 10.5. The summed E-state index contributed by atoms with van der Waals surface area (Å²) in [4.78, 5) is 8.86. The Morgan fingerprint density at radius 3 is 2.83 bits per heavy atom. The van der Waals surface area contributed by atoms with Crippen molar-refractivity contribution in [3.8, 4) is 0 Å². The Bertz CT molecular complexity index is 694. The molecule has 0 saturated heterocycles. The Morgan fingerprint density at radius 2 is 2.00 bits per heavy atom. The summed E-state index contributed by atoms with van der Waals surface area (Å²) in [5.41, 5.74) is 4.13. The minimum atomic E-state index is 0.667. The molecule has 1 aromatic carbocycles. The average Bonchev–Trinajstić information content (AvgIpc) is 2.62. The number of benzene rings is 1. The second-order valence-electron chi connectivity index (χ2n) is 6.33. The number of allylic oxidation sites excluding steroid dienone is 1. The second-order valence-corrected chi connectivity index (χ2v) is 6.33. The normalized spacial score (nSPS) is 14.1. The molecule has 0 fully saturated rings. The lowest BCUT2D eigenvalue weighted by Crippen LogP contribution is -2.09. The van der Waals surface area contributed by atoms with Crippen LogP contribution in [0.1, 0.15) is 43.2 Å². The van der Waals surface area contributed by atoms with Crippen LogP contribution in [0.4, 0.5) is 11.8 Å². The molecule has 0 radical (unpaired) electrons. The van der Waals surface area contributed by atoms with Crippen molar-refractivity contribution in [3.05, 3.63) is 59.3 Å². The quantitative estimate of drug-likeness (QED) is 0.726. The molecule has 4 nitrogen and oxygen atoms in total. The van der Waals surface area contributed by atoms with Crippen molar-refractivity contribution in [1.82, 2.24) is 9.97 Å². The summed E-state index contributed by atoms with van der Waals surface area (Å²) in [5.74, 6) is 1.55. The fourth-order valence-electron chi connectivity index (χ4n) is 3.01. The molecule has 126 valence electrons. The largest absolute Gasteiger partial charge is 0.370 e. The first-order valence-corrected chi connectivity index (χ1v) is 8.84. The summed E-state index contributed by atoms with van der Waals surface area (Å²) in [6.45, 7) is 3.79. The molecule has 4 heteroatoms. The topological polar surface area (TPSA) is 49.8 Å². The maximum Gasteiger partial charge on any atom is 0.224 e. The number of rotatable bonds is 7. The van der Waals surface area contributed by atoms with Gasteiger partial charge < -0.3 is 10.6 Å². The van der Waals surface area contributed by atoms with E-state index in [9.17, 15) is 0 Å². The van der Waals surface area contributed by atoms with Gasteiger partial charge in [0.25, 0.3) is 0 Å². The standard InChI is InChI=1S/C20H26N4/c1-16-7-5-6-10-18(16)15-23-20-22-14-12-19(24-20)21-13-11-17-8-3-2-4-9-17/h5-8,10,12,14H,2-4,9,11,13,15H2,1H3,(H2,21,22,23,24). The van der Waals surface area contributed by atoms with Crippen LogP contribution >= 0.6 is 0 Å². The van der Waals surface area contributed by atoms with E-state index >= 15 is 0 Å². The van der Waals surface area contributed by atoms with E-state index in [1.807, 2.05) is 6.07 Å². The Morgan fingerprint density at radius 1 is 1.08 bits per heavy atom. The Labute approximate surface area is 144 Å². The molecule has 1 heterocycles. The second kappa shape index (κ2) is 8.48. The zero-order chi connectivity index (χ0) is 16.6. The van der Waals surface area contributed by atoms with E-state index in [0.29, 0.717) is 5.95 Å². The van der Waals surface area contributed by atoms with Crippen LogP contribution in [0.3, 0.4) is 0 Å². The van der Waals surface area contributed by atoms with Crippen LogP contribution in [0.25, 0.3) is 0 Å². The van der Waals surface area contributed by atoms with Crippen LogP contribution in [-0.4, -0.2) is 16.5 Å². The van der Waals surface area contributed by atoms with Gasteiger partial charge in [0.1, 0.15) is 5.82 Å². The molecule has 1 aliphatic rings. The van der Waals surface area contributed by atoms with Crippen molar-refractivity contribution in [2.75, 3.05) is 17.2 Å². The number of aryl methyl sites for hydroxylation is 1. The summed E-state index contributed by atoms with van der Waals surface area (Å²) < 4.78 is 0. The minimum absolute atomic E-state index is 0.667. The molecule has 0 bridgehead atoms. The van der Waals surface area contributed by atoms with Gasteiger partial charge in [0.05, 0.1) is 0 Å². The number of hydrogen-bond donors (Lipinski definition) is 2. The van der Waals surface area contributed by atoms with E-state index in [1.54, 1.807) is 11.8 Å². The molecule has 1 aliphatic carbocycles. The van der Waals surface area contributed by atoms with Gasteiger partial charge in [0.2, 0.25) is 5.95 Å². The fraction of sp³-hybridized carbons (Fsp3) is 0.400. The van der Waals surface area contributed by atoms with Gasteiger partial charge in [0.15, 0.2) is 0 Å². The highest BCUT2D eigenvalue weighted by atomic mass is 15.1. The fourth-order valence-corrected chi connectivity index (χ4v) is 3.01. The number of hydrogen-bond acceptors (Lipinski definition) is 4. The number of nitrogens with zero attached hydrogens (tertiary/aromatic N) is 2. The van der Waals surface area contributed by atoms with Crippen molar-refractivity contribution in [2.45, 2.75) is 45.6 Å². The van der Waals surface area contributed by atoms with Crippen LogP contribution in [0.2, 0.25) is 0 Å². The molecule has 0 amide bonds. The summed E-state index contributed by atoms with van der Waals surface area (Å²) in [6, 6.07) is 10.3. The molecule has 0 saturated carbocycles. The molecule has 0 atom stereocenters. The smallest absolute Gasteiger partial charge is 0.224 e. The Balaban J connectivity index is 1.50. The van der Waals surface area contributed by atoms with Gasteiger partial charge in [-0.05, 0) is 56.2 Å². The first-order chi connectivity index (χ1) is 11.8. The molecule has 2 aromatic rings. The van der Waals surface area contributed by atoms with Crippen LogP contribution in [0, 0.1) is 6.92 Å². The summed E-state index contributed by atoms with van der Waals surface area (Å²) >= 11 is 0. The first-order valence-electron chi connectivity index (χ1n) is 8.84. The van der Waals surface area contributed by atoms with Crippen molar-refractivity contribution in [2.24, 2.45) is 0 Å². The van der Waals surface area contributed by atoms with Gasteiger partial charge in [0, 0.05) is 19.3 Å². The third-order valence-corrected chi connectivity index (χ3v) is 4.49. The zero-order valence-corrected chi connectivity index (χ0v) is 14.4. The molecular formula is C20H26N4. The van der Waals surface area contributed by atoms with E-state index in [2.05, 4.69) is 57.9 Å². The van der Waals surface area contributed by atoms with E-state index < -0.39 is 0 Å². The molecule has 0 aliphatic heterocycles. The Kier molecular flexibility index (Phi) is 5.83. The predicted molar refractivity (Wildman–Crippen MR) is 100 cm³/mol. The lowest BCUT2D eigenvalue weighted by Gasteiger charge is -2.13. The van der Waals surface area contributed by atoms with Gasteiger partial charge >= 0.3 is 0 Å². The van der Waals surface area contributed by atoms with Crippen molar-refractivity contribution >= 4 is 11.8 Å². The molecule has 2 N–H and O–H groups in total. The minimum Gasteiger partial charge on any atom is -0.370 e. The predicted octanol–water partition coefficient (Wildman–Crippen LogP) is 4.70. The number of nitrogens with one attached hydrogen (secondary N) is 2. The molecular weight excluding hydrogens is 296 g/mol. The van der Waals surface area contributed by atoms with Gasteiger partial charge in [-0.3, -0.25) is 0 Å². The monoisotopic (exact) mass is 322 g/mol. The summed E-state index contributed by atoms with van der Waals surface area (Å²) in [5, 5.41) is 6.72. The highest BCUT2D eigenvalue weighted by Crippen LogP contribution is 2.20. The third-order valence-electron chi connectivity index (χ3n) is 4.49. The number of aromatic nitrogens is 2. The zero-order valence-electron chi connectivity index (χ0n) is 14.4. The highest BCUT2D eigenvalue weighted by molar-refractivity contribution is 5.40. The average molecular weight is 322 g/mol. The van der Waals surface area contributed by atoms with E-state index in [-0.39, 0.29) is 0 Å². The highest BCUT2D eigenvalue weighted by Gasteiger charge is 2.04. The van der Waals surface area contributed by atoms with Crippen molar-refractivity contribution < 1.29 is 0 Å². The molecule has 0 unspecified atom stereocenters. The molecule has 0 spiro atoms. The maximum atomic E-state index is 4.55. The van der Waals surface area contributed by atoms with Gasteiger partial charge in [-0.25, -0.2) is 4.98 Å². The first kappa shape index (κ1) is 16.5. The van der Waals surface area contributed by atoms with Gasteiger partial charge in [-0.2, -0.15) is 4.98 Å². The lowest BCUT2D eigenvalue weighted by atomic mass is 9.97. The summed E-state index contributed by atoms with van der Waals surface area (Å²) in [7, 11) is 0. The van der Waals surface area contributed by atoms with E-state index in [0.717, 1.165) is 25.3 Å². The van der Waals surface area contributed by atoms with Crippen LogP contribution in [-0.2, 0) is 6.54 Å². The molecule has 3 rings (SSSR count). The Hall–Kier alpha value is -2.36. The van der Waals surface area contributed by atoms with Crippen LogP contribution in [0.15, 0.2) is 48.2 Å².